The molecule has 0 fully saturated rings. The summed E-state index contributed by atoms with van der Waals surface area (Å²) in [5.74, 6) is 0.940. The molecule has 0 aliphatic heterocycles. The minimum Gasteiger partial charge on any atom is -0.326 e. The van der Waals surface area contributed by atoms with Crippen LogP contribution in [-0.4, -0.2) is 20.2 Å². The molecule has 0 unspecified atom stereocenters. The van der Waals surface area contributed by atoms with Gasteiger partial charge in [-0.1, -0.05) is 31.2 Å². The summed E-state index contributed by atoms with van der Waals surface area (Å²) >= 11 is 0. The highest BCUT2D eigenvalue weighted by atomic mass is 15.5. The molecule has 5 nitrogen and oxygen atoms in total. The van der Waals surface area contributed by atoms with Crippen molar-refractivity contribution in [1.29, 1.82) is 0 Å². The molecule has 90 valence electrons. The minimum absolute atomic E-state index is 0.576. The lowest BCUT2D eigenvalue weighted by molar-refractivity contribution is 0.613. The van der Waals surface area contributed by atoms with E-state index >= 15 is 0 Å². The van der Waals surface area contributed by atoms with Crippen LogP contribution in [0.4, 0.5) is 0 Å². The first-order chi connectivity index (χ1) is 8.33. The lowest BCUT2D eigenvalue weighted by atomic mass is 10.1. The lowest BCUT2D eigenvalue weighted by Gasteiger charge is -2.04. The molecule has 0 aliphatic carbocycles. The van der Waals surface area contributed by atoms with Gasteiger partial charge in [-0.3, -0.25) is 0 Å². The summed E-state index contributed by atoms with van der Waals surface area (Å²) in [5.41, 5.74) is 7.89. The molecule has 0 atom stereocenters. The van der Waals surface area contributed by atoms with E-state index in [-0.39, 0.29) is 0 Å². The molecule has 1 aromatic carbocycles. The molecule has 0 spiro atoms. The Morgan fingerprint density at radius 2 is 1.88 bits per heavy atom. The Kier molecular flexibility index (Phi) is 3.82. The van der Waals surface area contributed by atoms with Gasteiger partial charge in [-0.2, -0.15) is 0 Å². The van der Waals surface area contributed by atoms with Crippen LogP contribution in [0.1, 0.15) is 30.3 Å². The van der Waals surface area contributed by atoms with Crippen LogP contribution in [0.2, 0.25) is 0 Å². The van der Waals surface area contributed by atoms with Crippen LogP contribution < -0.4 is 5.73 Å². The first-order valence-electron chi connectivity index (χ1n) is 5.86. The fraction of sp³-hybridized carbons (Fsp3) is 0.417. The van der Waals surface area contributed by atoms with Crippen molar-refractivity contribution in [1.82, 2.24) is 20.2 Å². The van der Waals surface area contributed by atoms with E-state index in [1.807, 2.05) is 16.8 Å². The molecule has 0 amide bonds. The number of benzene rings is 1. The van der Waals surface area contributed by atoms with Crippen LogP contribution in [0, 0.1) is 0 Å². The summed E-state index contributed by atoms with van der Waals surface area (Å²) in [6.07, 6.45) is 1.96. The molecule has 1 heterocycles. The van der Waals surface area contributed by atoms with E-state index in [0.717, 1.165) is 24.2 Å². The first-order valence-corrected chi connectivity index (χ1v) is 5.86. The van der Waals surface area contributed by atoms with Crippen LogP contribution in [0.15, 0.2) is 24.3 Å². The second-order valence-electron chi connectivity index (χ2n) is 4.02. The Balaban J connectivity index is 2.10. The molecule has 0 saturated carbocycles. The number of rotatable bonds is 5. The predicted octanol–water partition coefficient (Wildman–Crippen LogP) is 1.13. The van der Waals surface area contributed by atoms with Gasteiger partial charge in [-0.05, 0) is 28.0 Å². The average molecular weight is 231 g/mol. The van der Waals surface area contributed by atoms with E-state index in [0.29, 0.717) is 13.1 Å². The zero-order chi connectivity index (χ0) is 12.1. The van der Waals surface area contributed by atoms with Gasteiger partial charge in [0, 0.05) is 13.0 Å². The number of nitrogens with two attached hydrogens (primary N) is 1. The molecular formula is C12H17N5. The van der Waals surface area contributed by atoms with E-state index < -0.39 is 0 Å². The average Bonchev–Trinajstić information content (AvgIpc) is 2.78. The molecule has 2 rings (SSSR count). The van der Waals surface area contributed by atoms with Crippen molar-refractivity contribution in [3.8, 4) is 0 Å². The van der Waals surface area contributed by atoms with Crippen LogP contribution >= 0.6 is 0 Å². The molecule has 0 bridgehead atoms. The van der Waals surface area contributed by atoms with Crippen molar-refractivity contribution in [2.24, 2.45) is 5.73 Å². The fourth-order valence-electron chi connectivity index (χ4n) is 1.70. The predicted molar refractivity (Wildman–Crippen MR) is 65.2 cm³/mol. The zero-order valence-electron chi connectivity index (χ0n) is 10.0. The van der Waals surface area contributed by atoms with E-state index in [9.17, 15) is 0 Å². The van der Waals surface area contributed by atoms with Crippen molar-refractivity contribution < 1.29 is 0 Å². The van der Waals surface area contributed by atoms with Gasteiger partial charge in [-0.25, -0.2) is 4.68 Å². The molecule has 0 radical (unpaired) electrons. The summed E-state index contributed by atoms with van der Waals surface area (Å²) in [7, 11) is 0. The summed E-state index contributed by atoms with van der Waals surface area (Å²) in [4.78, 5) is 0. The van der Waals surface area contributed by atoms with E-state index in [2.05, 4.69) is 34.6 Å². The number of aryl methyl sites for hydroxylation is 1. The van der Waals surface area contributed by atoms with Crippen LogP contribution in [0.25, 0.3) is 0 Å². The highest BCUT2D eigenvalue weighted by Crippen LogP contribution is 2.07. The normalized spacial score (nSPS) is 10.7. The maximum absolute atomic E-state index is 5.56. The monoisotopic (exact) mass is 231 g/mol. The van der Waals surface area contributed by atoms with Gasteiger partial charge in [0.2, 0.25) is 0 Å². The molecule has 1 aromatic heterocycles. The summed E-state index contributed by atoms with van der Waals surface area (Å²) in [6, 6.07) is 8.22. The van der Waals surface area contributed by atoms with Gasteiger partial charge in [0.25, 0.3) is 0 Å². The van der Waals surface area contributed by atoms with E-state index in [1.54, 1.807) is 0 Å². The number of hydrogen-bond acceptors (Lipinski definition) is 4. The standard InChI is InChI=1S/C12H17N5/c1-2-3-12-14-15-16-17(12)9-11-6-4-10(8-13)5-7-11/h4-7H,2-3,8-9,13H2,1H3. The second-order valence-corrected chi connectivity index (χ2v) is 4.02. The van der Waals surface area contributed by atoms with Gasteiger partial charge >= 0.3 is 0 Å². The van der Waals surface area contributed by atoms with Gasteiger partial charge in [0.15, 0.2) is 5.82 Å². The minimum atomic E-state index is 0.576. The van der Waals surface area contributed by atoms with Crippen molar-refractivity contribution in [2.45, 2.75) is 32.9 Å². The molecule has 17 heavy (non-hydrogen) atoms. The Morgan fingerprint density at radius 3 is 2.53 bits per heavy atom. The third kappa shape index (κ3) is 2.88. The molecular weight excluding hydrogens is 214 g/mol. The van der Waals surface area contributed by atoms with Crippen LogP contribution in [-0.2, 0) is 19.5 Å². The number of aromatic nitrogens is 4. The van der Waals surface area contributed by atoms with Gasteiger partial charge in [0.05, 0.1) is 6.54 Å². The maximum atomic E-state index is 5.56. The molecule has 2 aromatic rings. The van der Waals surface area contributed by atoms with Crippen molar-refractivity contribution in [3.63, 3.8) is 0 Å². The van der Waals surface area contributed by atoms with Crippen LogP contribution in [0.3, 0.4) is 0 Å². The maximum Gasteiger partial charge on any atom is 0.151 e. The van der Waals surface area contributed by atoms with Crippen LogP contribution in [0.5, 0.6) is 0 Å². The summed E-state index contributed by atoms with van der Waals surface area (Å²) in [6.45, 7) is 3.41. The molecule has 0 aliphatic rings. The molecule has 0 saturated heterocycles. The van der Waals surface area contributed by atoms with Gasteiger partial charge in [0.1, 0.15) is 0 Å². The number of nitrogens with zero attached hydrogens (tertiary/aromatic N) is 4. The van der Waals surface area contributed by atoms with Crippen molar-refractivity contribution >= 4 is 0 Å². The smallest absolute Gasteiger partial charge is 0.151 e. The topological polar surface area (TPSA) is 69.6 Å². The third-order valence-corrected chi connectivity index (χ3v) is 2.67. The zero-order valence-corrected chi connectivity index (χ0v) is 10.0. The Hall–Kier alpha value is -1.75. The SMILES string of the molecule is CCCc1nnnn1Cc1ccc(CN)cc1. The summed E-state index contributed by atoms with van der Waals surface area (Å²) < 4.78 is 1.85. The van der Waals surface area contributed by atoms with Crippen molar-refractivity contribution in [3.05, 3.63) is 41.2 Å². The van der Waals surface area contributed by atoms with E-state index in [4.69, 9.17) is 5.73 Å². The summed E-state index contributed by atoms with van der Waals surface area (Å²) in [5, 5.41) is 11.7. The lowest BCUT2D eigenvalue weighted by Crippen LogP contribution is -2.07. The van der Waals surface area contributed by atoms with Gasteiger partial charge < -0.3 is 5.73 Å². The Morgan fingerprint density at radius 1 is 1.18 bits per heavy atom. The van der Waals surface area contributed by atoms with Gasteiger partial charge in [-0.15, -0.1) is 5.10 Å². The quantitative estimate of drug-likeness (QED) is 0.837. The number of tetrazole rings is 1. The molecule has 5 heteroatoms. The highest BCUT2D eigenvalue weighted by molar-refractivity contribution is 5.22. The number of hydrogen-bond donors (Lipinski definition) is 1. The largest absolute Gasteiger partial charge is 0.326 e. The fourth-order valence-corrected chi connectivity index (χ4v) is 1.70. The van der Waals surface area contributed by atoms with Crippen molar-refractivity contribution in [2.75, 3.05) is 0 Å². The Labute approximate surface area is 101 Å². The third-order valence-electron chi connectivity index (χ3n) is 2.67. The first kappa shape index (κ1) is 11.7. The van der Waals surface area contributed by atoms with E-state index in [1.165, 1.54) is 5.56 Å². The highest BCUT2D eigenvalue weighted by Gasteiger charge is 2.05. The second kappa shape index (κ2) is 5.54. The Bertz CT molecular complexity index is 460. The molecule has 2 N–H and O–H groups in total.